The van der Waals surface area contributed by atoms with Crippen LogP contribution in [0.4, 0.5) is 11.4 Å². The Hall–Kier alpha value is -2.54. The van der Waals surface area contributed by atoms with Gasteiger partial charge in [-0.05, 0) is 24.6 Å². The van der Waals surface area contributed by atoms with Gasteiger partial charge in [-0.15, -0.1) is 17.0 Å². The quantitative estimate of drug-likeness (QED) is 0.746. The van der Waals surface area contributed by atoms with E-state index >= 15 is 0 Å². The molecule has 1 aromatic rings. The Labute approximate surface area is 136 Å². The summed E-state index contributed by atoms with van der Waals surface area (Å²) < 4.78 is 0. The Kier molecular flexibility index (Phi) is 4.09. The first kappa shape index (κ1) is 15.8. The Bertz CT molecular complexity index is 731. The molecule has 0 unspecified atom stereocenters. The molecule has 2 aliphatic rings. The molecule has 1 aromatic carbocycles. The summed E-state index contributed by atoms with van der Waals surface area (Å²) in [5.41, 5.74) is 1.37. The lowest BCUT2D eigenvalue weighted by molar-refractivity contribution is -0.121. The van der Waals surface area contributed by atoms with E-state index in [0.717, 1.165) is 9.80 Å². The number of hydrogen-bond donors (Lipinski definition) is 0. The second-order valence-corrected chi connectivity index (χ2v) is 4.66. The third-order valence-electron chi connectivity index (χ3n) is 3.31. The van der Waals surface area contributed by atoms with Gasteiger partial charge < -0.3 is 0 Å². The van der Waals surface area contributed by atoms with Gasteiger partial charge in [-0.1, -0.05) is 6.07 Å². The van der Waals surface area contributed by atoms with Crippen LogP contribution in [0.15, 0.2) is 42.5 Å². The number of carbonyl (C=O) groups excluding carboxylic acids is 4. The van der Waals surface area contributed by atoms with Crippen LogP contribution in [0.25, 0.3) is 0 Å². The average Bonchev–Trinajstić information content (AvgIpc) is 2.95. The van der Waals surface area contributed by atoms with Gasteiger partial charge in [-0.2, -0.15) is 0 Å². The lowest BCUT2D eigenvalue weighted by Gasteiger charge is -2.20. The molecule has 0 aliphatic carbocycles. The van der Waals surface area contributed by atoms with Gasteiger partial charge in [0.2, 0.25) is 0 Å². The Morgan fingerprint density at radius 1 is 0.727 bits per heavy atom. The van der Waals surface area contributed by atoms with Crippen molar-refractivity contribution in [3.63, 3.8) is 0 Å². The fourth-order valence-corrected chi connectivity index (χ4v) is 2.27. The predicted molar refractivity (Wildman–Crippen MR) is 84.8 cm³/mol. The summed E-state index contributed by atoms with van der Waals surface area (Å²) in [4.78, 5) is 48.9. The number of nitrogens with zero attached hydrogens (tertiary/aromatic N) is 2. The minimum atomic E-state index is -0.452. The molecular formula is C15H11BrN2O4. The van der Waals surface area contributed by atoms with Gasteiger partial charge in [0.25, 0.3) is 23.6 Å². The number of aryl methyl sites for hydroxylation is 1. The zero-order valence-electron chi connectivity index (χ0n) is 11.5. The monoisotopic (exact) mass is 362 g/mol. The summed E-state index contributed by atoms with van der Waals surface area (Å²) in [6, 6.07) is 4.74. The molecule has 0 spiro atoms. The van der Waals surface area contributed by atoms with Crippen LogP contribution in [0.2, 0.25) is 0 Å². The van der Waals surface area contributed by atoms with Gasteiger partial charge in [0.15, 0.2) is 0 Å². The third kappa shape index (κ3) is 2.39. The van der Waals surface area contributed by atoms with Crippen LogP contribution in [-0.2, 0) is 19.2 Å². The molecule has 0 bridgehead atoms. The van der Waals surface area contributed by atoms with Crippen molar-refractivity contribution in [3.8, 4) is 0 Å². The van der Waals surface area contributed by atoms with E-state index in [-0.39, 0.29) is 17.0 Å². The molecule has 112 valence electrons. The van der Waals surface area contributed by atoms with Crippen molar-refractivity contribution >= 4 is 52.0 Å². The maximum absolute atomic E-state index is 11.8. The Morgan fingerprint density at radius 2 is 1.18 bits per heavy atom. The maximum atomic E-state index is 11.8. The van der Waals surface area contributed by atoms with E-state index < -0.39 is 23.6 Å². The lowest BCUT2D eigenvalue weighted by atomic mass is 10.1. The van der Waals surface area contributed by atoms with E-state index in [9.17, 15) is 19.2 Å². The maximum Gasteiger partial charge on any atom is 0.258 e. The molecule has 7 heteroatoms. The zero-order valence-corrected chi connectivity index (χ0v) is 13.2. The number of carbonyl (C=O) groups is 4. The number of benzene rings is 1. The topological polar surface area (TPSA) is 74.8 Å². The van der Waals surface area contributed by atoms with Crippen LogP contribution < -0.4 is 9.80 Å². The number of hydrogen-bond acceptors (Lipinski definition) is 4. The largest absolute Gasteiger partial charge is 0.269 e. The lowest BCUT2D eigenvalue weighted by Crippen LogP contribution is -2.32. The number of halogens is 1. The van der Waals surface area contributed by atoms with Crippen LogP contribution in [-0.4, -0.2) is 23.6 Å². The molecule has 0 saturated carbocycles. The highest BCUT2D eigenvalue weighted by molar-refractivity contribution is 8.93. The minimum Gasteiger partial charge on any atom is -0.269 e. The van der Waals surface area contributed by atoms with Gasteiger partial charge in [0, 0.05) is 24.3 Å². The molecule has 3 rings (SSSR count). The van der Waals surface area contributed by atoms with Crippen molar-refractivity contribution in [2.45, 2.75) is 6.92 Å². The van der Waals surface area contributed by atoms with E-state index in [4.69, 9.17) is 0 Å². The standard InChI is InChI=1S/C15H10N2O4.BrH/c1-9-2-3-10(16-12(18)4-5-13(16)19)8-11(9)17-14(20)6-7-15(17)21;/h2-8H,1H3;1H. The van der Waals surface area contributed by atoms with Crippen molar-refractivity contribution < 1.29 is 19.2 Å². The molecule has 0 radical (unpaired) electrons. The summed E-state index contributed by atoms with van der Waals surface area (Å²) in [5, 5.41) is 0. The molecule has 0 saturated heterocycles. The fourth-order valence-electron chi connectivity index (χ4n) is 2.27. The molecule has 4 amide bonds. The molecule has 2 heterocycles. The highest BCUT2D eigenvalue weighted by Crippen LogP contribution is 2.30. The summed E-state index contributed by atoms with van der Waals surface area (Å²) >= 11 is 0. The van der Waals surface area contributed by atoms with Gasteiger partial charge in [0.05, 0.1) is 11.4 Å². The van der Waals surface area contributed by atoms with E-state index in [1.54, 1.807) is 19.1 Å². The summed E-state index contributed by atoms with van der Waals surface area (Å²) in [5.74, 6) is -1.80. The Balaban J connectivity index is 0.00000176. The SMILES string of the molecule is Br.Cc1ccc(N2C(=O)C=CC2=O)cc1N1C(=O)C=CC1=O. The van der Waals surface area contributed by atoms with Crippen molar-refractivity contribution in [1.82, 2.24) is 0 Å². The van der Waals surface area contributed by atoms with Gasteiger partial charge in [-0.3, -0.25) is 19.2 Å². The minimum absolute atomic E-state index is 0. The first-order chi connectivity index (χ1) is 9.99. The van der Waals surface area contributed by atoms with Crippen LogP contribution in [0.5, 0.6) is 0 Å². The van der Waals surface area contributed by atoms with Crippen LogP contribution in [0.1, 0.15) is 5.56 Å². The second kappa shape index (κ2) is 5.69. The van der Waals surface area contributed by atoms with Gasteiger partial charge >= 0.3 is 0 Å². The summed E-state index contributed by atoms with van der Waals surface area (Å²) in [6.45, 7) is 1.74. The smallest absolute Gasteiger partial charge is 0.258 e. The summed E-state index contributed by atoms with van der Waals surface area (Å²) in [7, 11) is 0. The molecule has 0 N–H and O–H groups in total. The zero-order chi connectivity index (χ0) is 15.1. The van der Waals surface area contributed by atoms with E-state index in [2.05, 4.69) is 0 Å². The predicted octanol–water partition coefficient (Wildman–Crippen LogP) is 1.43. The van der Waals surface area contributed by atoms with E-state index in [1.807, 2.05) is 0 Å². The molecule has 0 atom stereocenters. The molecule has 6 nitrogen and oxygen atoms in total. The molecule has 22 heavy (non-hydrogen) atoms. The van der Waals surface area contributed by atoms with Crippen molar-refractivity contribution in [1.29, 1.82) is 0 Å². The molecule has 0 fully saturated rings. The van der Waals surface area contributed by atoms with E-state index in [1.165, 1.54) is 30.4 Å². The number of amides is 4. The molecular weight excluding hydrogens is 352 g/mol. The number of anilines is 2. The number of rotatable bonds is 2. The first-order valence-electron chi connectivity index (χ1n) is 6.22. The average molecular weight is 363 g/mol. The van der Waals surface area contributed by atoms with Crippen molar-refractivity contribution in [2.24, 2.45) is 0 Å². The van der Waals surface area contributed by atoms with Gasteiger partial charge in [0.1, 0.15) is 0 Å². The highest BCUT2D eigenvalue weighted by Gasteiger charge is 2.29. The van der Waals surface area contributed by atoms with Gasteiger partial charge in [-0.25, -0.2) is 9.80 Å². The third-order valence-corrected chi connectivity index (χ3v) is 3.31. The van der Waals surface area contributed by atoms with Crippen molar-refractivity contribution in [3.05, 3.63) is 48.1 Å². The van der Waals surface area contributed by atoms with Crippen LogP contribution in [0.3, 0.4) is 0 Å². The number of imide groups is 2. The Morgan fingerprint density at radius 3 is 1.68 bits per heavy atom. The summed E-state index contributed by atoms with van der Waals surface area (Å²) in [6.07, 6.45) is 4.72. The van der Waals surface area contributed by atoms with Crippen LogP contribution in [0, 0.1) is 6.92 Å². The second-order valence-electron chi connectivity index (χ2n) is 4.66. The fraction of sp³-hybridized carbons (Fsp3) is 0.0667. The highest BCUT2D eigenvalue weighted by atomic mass is 79.9. The first-order valence-corrected chi connectivity index (χ1v) is 6.22. The van der Waals surface area contributed by atoms with Crippen molar-refractivity contribution in [2.75, 3.05) is 9.80 Å². The van der Waals surface area contributed by atoms with Crippen LogP contribution >= 0.6 is 17.0 Å². The van der Waals surface area contributed by atoms with E-state index in [0.29, 0.717) is 16.9 Å². The molecule has 2 aliphatic heterocycles. The molecule has 0 aromatic heterocycles. The normalized spacial score (nSPS) is 16.8.